The van der Waals surface area contributed by atoms with Crippen molar-refractivity contribution in [3.63, 3.8) is 0 Å². The standard InChI is InChI=1S/C20H35N5O3/c1-6-25-17(26)15-12-24(19(28)22(4)5)13-16(15)20(25)7-9-23(10-8-20)18(27)21-11-14(2)3/h14-16H,6-13H2,1-5H3,(H,21,27)/t15-,16+/m0/s1. The van der Waals surface area contributed by atoms with Gasteiger partial charge in [0.25, 0.3) is 0 Å². The maximum Gasteiger partial charge on any atom is 0.319 e. The van der Waals surface area contributed by atoms with E-state index in [0.29, 0.717) is 45.2 Å². The minimum Gasteiger partial charge on any atom is -0.338 e. The maximum atomic E-state index is 13.1. The quantitative estimate of drug-likeness (QED) is 0.785. The van der Waals surface area contributed by atoms with E-state index in [0.717, 1.165) is 12.8 Å². The van der Waals surface area contributed by atoms with Crippen LogP contribution in [0.2, 0.25) is 0 Å². The van der Waals surface area contributed by atoms with Crippen LogP contribution in [-0.4, -0.2) is 96.5 Å². The molecule has 3 fully saturated rings. The van der Waals surface area contributed by atoms with E-state index in [1.807, 2.05) is 21.6 Å². The molecule has 3 rings (SSSR count). The van der Waals surface area contributed by atoms with Crippen molar-refractivity contribution < 1.29 is 14.4 Å². The molecule has 2 atom stereocenters. The van der Waals surface area contributed by atoms with Gasteiger partial charge in [-0.3, -0.25) is 4.79 Å². The summed E-state index contributed by atoms with van der Waals surface area (Å²) in [4.78, 5) is 45.3. The van der Waals surface area contributed by atoms with Crippen molar-refractivity contribution in [1.29, 1.82) is 0 Å². The number of hydrogen-bond acceptors (Lipinski definition) is 3. The minimum absolute atomic E-state index is 0.0108. The third-order valence-corrected chi connectivity index (χ3v) is 6.68. The van der Waals surface area contributed by atoms with E-state index >= 15 is 0 Å². The molecular formula is C20H35N5O3. The lowest BCUT2D eigenvalue weighted by molar-refractivity contribution is -0.135. The van der Waals surface area contributed by atoms with Crippen LogP contribution in [-0.2, 0) is 4.79 Å². The Morgan fingerprint density at radius 3 is 2.36 bits per heavy atom. The van der Waals surface area contributed by atoms with Crippen LogP contribution in [0.5, 0.6) is 0 Å². The van der Waals surface area contributed by atoms with E-state index in [-0.39, 0.29) is 35.3 Å². The SMILES string of the molecule is CCN1C(=O)[C@H]2CN(C(=O)N(C)C)C[C@H]2C12CCN(C(=O)NCC(C)C)CC2. The van der Waals surface area contributed by atoms with Crippen LogP contribution >= 0.6 is 0 Å². The predicted octanol–water partition coefficient (Wildman–Crippen LogP) is 1.28. The molecule has 158 valence electrons. The molecule has 0 radical (unpaired) electrons. The smallest absolute Gasteiger partial charge is 0.319 e. The van der Waals surface area contributed by atoms with Gasteiger partial charge in [-0.25, -0.2) is 9.59 Å². The Labute approximate surface area is 168 Å². The van der Waals surface area contributed by atoms with Crippen LogP contribution in [0.25, 0.3) is 0 Å². The van der Waals surface area contributed by atoms with Gasteiger partial charge in [0.1, 0.15) is 0 Å². The van der Waals surface area contributed by atoms with Gasteiger partial charge < -0.3 is 24.9 Å². The number of fused-ring (bicyclic) bond motifs is 2. The summed E-state index contributed by atoms with van der Waals surface area (Å²) in [5.74, 6) is 0.650. The Kier molecular flexibility index (Phi) is 5.77. The number of likely N-dealkylation sites (tertiary alicyclic amines) is 3. The monoisotopic (exact) mass is 393 g/mol. The number of carbonyl (C=O) groups excluding carboxylic acids is 3. The lowest BCUT2D eigenvalue weighted by Gasteiger charge is -2.47. The molecule has 0 aromatic heterocycles. The van der Waals surface area contributed by atoms with Gasteiger partial charge in [-0.1, -0.05) is 13.8 Å². The van der Waals surface area contributed by atoms with Gasteiger partial charge in [-0.2, -0.15) is 0 Å². The van der Waals surface area contributed by atoms with Crippen molar-refractivity contribution >= 4 is 18.0 Å². The highest BCUT2D eigenvalue weighted by atomic mass is 16.2. The van der Waals surface area contributed by atoms with Gasteiger partial charge in [0.15, 0.2) is 0 Å². The number of rotatable bonds is 3. The zero-order valence-electron chi connectivity index (χ0n) is 17.9. The summed E-state index contributed by atoms with van der Waals surface area (Å²) in [7, 11) is 3.50. The topological polar surface area (TPSA) is 76.2 Å². The number of piperidine rings is 1. The zero-order chi connectivity index (χ0) is 20.6. The molecule has 0 bridgehead atoms. The van der Waals surface area contributed by atoms with Crippen LogP contribution in [0, 0.1) is 17.8 Å². The fourth-order valence-electron chi connectivity index (χ4n) is 5.27. The Morgan fingerprint density at radius 2 is 1.82 bits per heavy atom. The Bertz CT molecular complexity index is 627. The Morgan fingerprint density at radius 1 is 1.18 bits per heavy atom. The molecule has 0 unspecified atom stereocenters. The average molecular weight is 394 g/mol. The molecule has 0 aromatic rings. The maximum absolute atomic E-state index is 13.1. The van der Waals surface area contributed by atoms with Gasteiger partial charge >= 0.3 is 12.1 Å². The zero-order valence-corrected chi connectivity index (χ0v) is 17.9. The van der Waals surface area contributed by atoms with Crippen molar-refractivity contribution in [2.24, 2.45) is 17.8 Å². The summed E-state index contributed by atoms with van der Waals surface area (Å²) in [5.41, 5.74) is -0.229. The highest BCUT2D eigenvalue weighted by Crippen LogP contribution is 2.49. The van der Waals surface area contributed by atoms with Crippen LogP contribution in [0.3, 0.4) is 0 Å². The van der Waals surface area contributed by atoms with E-state index in [2.05, 4.69) is 19.2 Å². The number of urea groups is 2. The first kappa shape index (κ1) is 20.7. The van der Waals surface area contributed by atoms with Crippen molar-refractivity contribution in [1.82, 2.24) is 24.9 Å². The first-order valence-corrected chi connectivity index (χ1v) is 10.5. The summed E-state index contributed by atoms with van der Waals surface area (Å²) >= 11 is 0. The van der Waals surface area contributed by atoms with Crippen molar-refractivity contribution in [3.8, 4) is 0 Å². The lowest BCUT2D eigenvalue weighted by Crippen LogP contribution is -2.59. The summed E-state index contributed by atoms with van der Waals surface area (Å²) in [5, 5.41) is 2.99. The molecule has 1 spiro atoms. The first-order valence-electron chi connectivity index (χ1n) is 10.5. The largest absolute Gasteiger partial charge is 0.338 e. The molecule has 3 aliphatic rings. The van der Waals surface area contributed by atoms with Gasteiger partial charge in [-0.15, -0.1) is 0 Å². The Hall–Kier alpha value is -1.99. The molecule has 0 aromatic carbocycles. The molecule has 3 aliphatic heterocycles. The molecule has 1 N–H and O–H groups in total. The second-order valence-electron chi connectivity index (χ2n) is 9.05. The van der Waals surface area contributed by atoms with Crippen molar-refractivity contribution in [2.45, 2.75) is 39.2 Å². The van der Waals surface area contributed by atoms with Gasteiger partial charge in [0.2, 0.25) is 5.91 Å². The molecule has 8 nitrogen and oxygen atoms in total. The molecule has 3 saturated heterocycles. The number of hydrogen-bond donors (Lipinski definition) is 1. The van der Waals surface area contributed by atoms with Gasteiger partial charge in [0, 0.05) is 59.3 Å². The average Bonchev–Trinajstić information content (AvgIpc) is 3.19. The molecule has 5 amide bonds. The van der Waals surface area contributed by atoms with E-state index in [9.17, 15) is 14.4 Å². The molecule has 0 saturated carbocycles. The fourth-order valence-corrected chi connectivity index (χ4v) is 5.27. The highest BCUT2D eigenvalue weighted by molar-refractivity contribution is 5.86. The lowest BCUT2D eigenvalue weighted by atomic mass is 9.75. The molecule has 3 heterocycles. The fraction of sp³-hybridized carbons (Fsp3) is 0.850. The van der Waals surface area contributed by atoms with Crippen LogP contribution < -0.4 is 5.32 Å². The third kappa shape index (κ3) is 3.42. The Balaban J connectivity index is 1.72. The minimum atomic E-state index is -0.229. The summed E-state index contributed by atoms with van der Waals surface area (Å²) in [6.45, 7) is 9.99. The molecule has 28 heavy (non-hydrogen) atoms. The van der Waals surface area contributed by atoms with Crippen molar-refractivity contribution in [3.05, 3.63) is 0 Å². The van der Waals surface area contributed by atoms with E-state index < -0.39 is 0 Å². The van der Waals surface area contributed by atoms with Gasteiger partial charge in [0.05, 0.1) is 11.5 Å². The van der Waals surface area contributed by atoms with E-state index in [1.165, 1.54) is 0 Å². The van der Waals surface area contributed by atoms with Crippen LogP contribution in [0.1, 0.15) is 33.6 Å². The summed E-state index contributed by atoms with van der Waals surface area (Å²) in [6.07, 6.45) is 1.57. The molecule has 8 heteroatoms. The second-order valence-corrected chi connectivity index (χ2v) is 9.05. The molecule has 0 aliphatic carbocycles. The number of carbonyl (C=O) groups is 3. The van der Waals surface area contributed by atoms with Crippen LogP contribution in [0.4, 0.5) is 9.59 Å². The second kappa shape index (κ2) is 7.79. The van der Waals surface area contributed by atoms with Crippen molar-refractivity contribution in [2.75, 3.05) is 53.4 Å². The molecular weight excluding hydrogens is 358 g/mol. The number of amides is 5. The summed E-state index contributed by atoms with van der Waals surface area (Å²) < 4.78 is 0. The number of nitrogens with one attached hydrogen (secondary N) is 1. The summed E-state index contributed by atoms with van der Waals surface area (Å²) in [6, 6.07) is -0.0331. The third-order valence-electron chi connectivity index (χ3n) is 6.68. The van der Waals surface area contributed by atoms with E-state index in [4.69, 9.17) is 0 Å². The van der Waals surface area contributed by atoms with Gasteiger partial charge in [-0.05, 0) is 25.7 Å². The van der Waals surface area contributed by atoms with Crippen LogP contribution in [0.15, 0.2) is 0 Å². The first-order chi connectivity index (χ1) is 13.2. The van der Waals surface area contributed by atoms with E-state index in [1.54, 1.807) is 19.0 Å². The number of nitrogens with zero attached hydrogens (tertiary/aromatic N) is 4. The predicted molar refractivity (Wildman–Crippen MR) is 107 cm³/mol. The highest BCUT2D eigenvalue weighted by Gasteiger charge is 2.61. The normalized spacial score (nSPS) is 26.2.